The summed E-state index contributed by atoms with van der Waals surface area (Å²) in [6, 6.07) is 6.92. The van der Waals surface area contributed by atoms with Crippen LogP contribution in [0.15, 0.2) is 24.3 Å². The monoisotopic (exact) mass is 420 g/mol. The predicted molar refractivity (Wildman–Crippen MR) is 110 cm³/mol. The van der Waals surface area contributed by atoms with Gasteiger partial charge >= 0.3 is 12.2 Å². The minimum atomic E-state index is -0.689. The summed E-state index contributed by atoms with van der Waals surface area (Å²) in [6.45, 7) is 0. The second kappa shape index (κ2) is 13.0. The molecule has 0 aliphatic rings. The second-order valence-electron chi connectivity index (χ2n) is 4.43. The maximum atomic E-state index is 11.1. The van der Waals surface area contributed by atoms with E-state index in [1.807, 2.05) is 0 Å². The number of anilines is 2. The van der Waals surface area contributed by atoms with Gasteiger partial charge in [0.15, 0.2) is 10.2 Å². The molecule has 0 saturated heterocycles. The van der Waals surface area contributed by atoms with Crippen molar-refractivity contribution in [3.05, 3.63) is 24.3 Å². The molecule has 0 aromatic heterocycles. The van der Waals surface area contributed by atoms with Gasteiger partial charge in [0.05, 0.1) is 25.6 Å². The van der Waals surface area contributed by atoms with Crippen molar-refractivity contribution in [2.75, 3.05) is 37.4 Å². The van der Waals surface area contributed by atoms with Gasteiger partial charge < -0.3 is 20.1 Å². The Hall–Kier alpha value is -2.31. The van der Waals surface area contributed by atoms with Crippen molar-refractivity contribution in [1.82, 2.24) is 10.6 Å². The summed E-state index contributed by atoms with van der Waals surface area (Å²) in [4.78, 5) is 22.1. The quantitative estimate of drug-likeness (QED) is 0.531. The van der Waals surface area contributed by atoms with Gasteiger partial charge in [-0.25, -0.2) is 9.59 Å². The average molecular weight is 421 g/mol. The van der Waals surface area contributed by atoms with Gasteiger partial charge in [-0.2, -0.15) is 0 Å². The Balaban J connectivity index is 0.00000141. The highest BCUT2D eigenvalue weighted by atomic mass is 32.2. The Morgan fingerprint density at radius 3 is 1.46 bits per heavy atom. The van der Waals surface area contributed by atoms with Crippen LogP contribution in [0.3, 0.4) is 0 Å². The highest BCUT2D eigenvalue weighted by Gasteiger charge is 2.09. The van der Waals surface area contributed by atoms with Gasteiger partial charge in [-0.05, 0) is 36.6 Å². The van der Waals surface area contributed by atoms with Crippen LogP contribution < -0.4 is 21.3 Å². The first kappa shape index (κ1) is 23.7. The number of rotatable bonds is 2. The predicted octanol–water partition coefficient (Wildman–Crippen LogP) is 1.79. The molecule has 1 aromatic rings. The first-order valence-corrected chi connectivity index (χ1v) is 9.63. The molecule has 0 aliphatic heterocycles. The molecule has 144 valence electrons. The molecule has 4 N–H and O–H groups in total. The lowest BCUT2D eigenvalue weighted by atomic mass is 10.2. The fraction of sp³-hybridized carbons (Fsp3) is 0.286. The van der Waals surface area contributed by atoms with E-state index < -0.39 is 23.0 Å². The van der Waals surface area contributed by atoms with E-state index in [0.29, 0.717) is 11.4 Å². The topological polar surface area (TPSA) is 118 Å². The summed E-state index contributed by atoms with van der Waals surface area (Å²) in [6.07, 6.45) is 1.90. The third-order valence-electron chi connectivity index (χ3n) is 2.23. The molecule has 0 fully saturated rings. The summed E-state index contributed by atoms with van der Waals surface area (Å²) < 4.78 is 18.4. The van der Waals surface area contributed by atoms with Crippen molar-refractivity contribution >= 4 is 69.0 Å². The molecule has 0 radical (unpaired) electrons. The second-order valence-corrected chi connectivity index (χ2v) is 6.73. The summed E-state index contributed by atoms with van der Waals surface area (Å²) in [5.74, 6) is 0. The van der Waals surface area contributed by atoms with Gasteiger partial charge in [0.1, 0.15) is 0 Å². The molecule has 0 bridgehead atoms. The lowest BCUT2D eigenvalue weighted by Gasteiger charge is -2.15. The van der Waals surface area contributed by atoms with Crippen molar-refractivity contribution in [2.45, 2.75) is 0 Å². The van der Waals surface area contributed by atoms with Crippen LogP contribution in [0.25, 0.3) is 0 Å². The molecule has 1 aromatic carbocycles. The number of hydrogen-bond donors (Lipinski definition) is 4. The lowest BCUT2D eigenvalue weighted by Crippen LogP contribution is -2.35. The molecule has 12 heteroatoms. The molecule has 0 spiro atoms. The van der Waals surface area contributed by atoms with E-state index in [1.54, 1.807) is 36.8 Å². The van der Waals surface area contributed by atoms with Crippen LogP contribution in [0, 0.1) is 0 Å². The average Bonchev–Trinajstić information content (AvgIpc) is 2.55. The van der Waals surface area contributed by atoms with E-state index in [9.17, 15) is 13.8 Å². The van der Waals surface area contributed by atoms with Crippen molar-refractivity contribution in [3.8, 4) is 0 Å². The number of ether oxygens (including phenoxy) is 2. The lowest BCUT2D eigenvalue weighted by molar-refractivity contribution is 0.176. The summed E-state index contributed by atoms with van der Waals surface area (Å²) in [7, 11) is 1.84. The number of alkyl carbamates (subject to hydrolysis) is 2. The minimum absolute atomic E-state index is 0.0490. The SMILES string of the molecule is COC(=O)NC(=S)Nc1ccccc1NC(=S)NC(=O)OC.CS(C)=O. The third kappa shape index (κ3) is 11.3. The molecule has 1 rings (SSSR count). The number of para-hydroxylation sites is 2. The van der Waals surface area contributed by atoms with Crippen LogP contribution in [-0.4, -0.2) is 53.4 Å². The van der Waals surface area contributed by atoms with Gasteiger partial charge in [-0.1, -0.05) is 12.1 Å². The molecule has 0 saturated carbocycles. The van der Waals surface area contributed by atoms with Crippen LogP contribution in [0.1, 0.15) is 0 Å². The van der Waals surface area contributed by atoms with Gasteiger partial charge in [-0.3, -0.25) is 14.8 Å². The normalized spacial score (nSPS) is 9.12. The molecule has 26 heavy (non-hydrogen) atoms. The fourth-order valence-electron chi connectivity index (χ4n) is 1.30. The third-order valence-corrected chi connectivity index (χ3v) is 2.63. The number of benzene rings is 1. The van der Waals surface area contributed by atoms with Gasteiger partial charge in [-0.15, -0.1) is 0 Å². The number of thiocarbonyl (C=S) groups is 2. The van der Waals surface area contributed by atoms with Gasteiger partial charge in [0, 0.05) is 23.3 Å². The molecule has 0 atom stereocenters. The Morgan fingerprint density at radius 1 is 0.885 bits per heavy atom. The zero-order chi connectivity index (χ0) is 20.1. The van der Waals surface area contributed by atoms with E-state index in [2.05, 4.69) is 30.7 Å². The van der Waals surface area contributed by atoms with Crippen molar-refractivity contribution < 1.29 is 23.3 Å². The standard InChI is InChI=1S/C12H14N4O4S2.C2H6OS/c1-19-11(17)15-9(21)13-7-5-3-4-6-8(7)14-10(22)16-12(18)20-2;1-4(2)3/h3-6H,1-2H3,(H2,13,15,17,21)(H2,14,16,18,22);1-2H3. The summed E-state index contributed by atoms with van der Waals surface area (Å²) >= 11 is 9.93. The van der Waals surface area contributed by atoms with E-state index in [0.717, 1.165) is 0 Å². The molecule has 2 amide bonds. The van der Waals surface area contributed by atoms with Crippen molar-refractivity contribution in [2.24, 2.45) is 0 Å². The molecule has 9 nitrogen and oxygen atoms in total. The molecular formula is C14H20N4O5S3. The first-order valence-electron chi connectivity index (χ1n) is 6.85. The largest absolute Gasteiger partial charge is 0.453 e. The van der Waals surface area contributed by atoms with E-state index >= 15 is 0 Å². The van der Waals surface area contributed by atoms with Crippen LogP contribution in [0.4, 0.5) is 21.0 Å². The maximum absolute atomic E-state index is 11.1. The minimum Gasteiger partial charge on any atom is -0.453 e. The zero-order valence-electron chi connectivity index (χ0n) is 14.6. The number of amides is 2. The van der Waals surface area contributed by atoms with Gasteiger partial charge in [0.2, 0.25) is 0 Å². The molecular weight excluding hydrogens is 400 g/mol. The molecule has 0 aliphatic carbocycles. The van der Waals surface area contributed by atoms with E-state index in [-0.39, 0.29) is 10.2 Å². The first-order chi connectivity index (χ1) is 12.2. The zero-order valence-corrected chi connectivity index (χ0v) is 17.0. The molecule has 0 unspecified atom stereocenters. The number of methoxy groups -OCH3 is 2. The number of hydrogen-bond acceptors (Lipinski definition) is 7. The smallest absolute Gasteiger partial charge is 0.413 e. The molecule has 0 heterocycles. The Morgan fingerprint density at radius 2 is 1.19 bits per heavy atom. The number of nitrogens with one attached hydrogen (secondary N) is 4. The fourth-order valence-corrected chi connectivity index (χ4v) is 1.68. The van der Waals surface area contributed by atoms with Gasteiger partial charge in [0.25, 0.3) is 0 Å². The Bertz CT molecular complexity index is 629. The van der Waals surface area contributed by atoms with E-state index in [1.165, 1.54) is 14.2 Å². The number of carbonyl (C=O) groups excluding carboxylic acids is 2. The van der Waals surface area contributed by atoms with Crippen molar-refractivity contribution in [1.29, 1.82) is 0 Å². The summed E-state index contributed by atoms with van der Waals surface area (Å²) in [5, 5.41) is 10.3. The highest BCUT2D eigenvalue weighted by Crippen LogP contribution is 2.20. The van der Waals surface area contributed by atoms with Crippen LogP contribution >= 0.6 is 24.4 Å². The maximum Gasteiger partial charge on any atom is 0.413 e. The number of carbonyl (C=O) groups is 2. The van der Waals surface area contributed by atoms with Crippen LogP contribution in [-0.2, 0) is 20.3 Å². The summed E-state index contributed by atoms with van der Waals surface area (Å²) in [5.41, 5.74) is 1.08. The van der Waals surface area contributed by atoms with E-state index in [4.69, 9.17) is 24.4 Å². The van der Waals surface area contributed by atoms with Crippen LogP contribution in [0.5, 0.6) is 0 Å². The Kier molecular flexibility index (Phi) is 11.8. The Labute approximate surface area is 164 Å². The highest BCUT2D eigenvalue weighted by molar-refractivity contribution is 7.83. The van der Waals surface area contributed by atoms with Crippen LogP contribution in [0.2, 0.25) is 0 Å². The van der Waals surface area contributed by atoms with Crippen molar-refractivity contribution in [3.63, 3.8) is 0 Å².